The predicted molar refractivity (Wildman–Crippen MR) is 77.3 cm³/mol. The SMILES string of the molecule is OC(CNCC1(O)CCC1)COc1ccc(Br)cc1. The molecule has 0 amide bonds. The first-order chi connectivity index (χ1) is 9.07. The zero-order chi connectivity index (χ0) is 13.7. The maximum atomic E-state index is 9.88. The average molecular weight is 330 g/mol. The van der Waals surface area contributed by atoms with Crippen molar-refractivity contribution in [3.05, 3.63) is 28.7 Å². The van der Waals surface area contributed by atoms with Crippen molar-refractivity contribution in [1.29, 1.82) is 0 Å². The minimum Gasteiger partial charge on any atom is -0.491 e. The van der Waals surface area contributed by atoms with Gasteiger partial charge in [-0.25, -0.2) is 0 Å². The summed E-state index contributed by atoms with van der Waals surface area (Å²) in [6, 6.07) is 7.49. The molecule has 0 aromatic heterocycles. The van der Waals surface area contributed by atoms with E-state index in [0.717, 1.165) is 29.5 Å². The van der Waals surface area contributed by atoms with Gasteiger partial charge in [-0.1, -0.05) is 15.9 Å². The summed E-state index contributed by atoms with van der Waals surface area (Å²) in [5.41, 5.74) is -0.549. The molecule has 1 aliphatic carbocycles. The number of aliphatic hydroxyl groups excluding tert-OH is 1. The number of hydrogen-bond donors (Lipinski definition) is 3. The number of hydrogen-bond acceptors (Lipinski definition) is 4. The molecule has 0 saturated heterocycles. The van der Waals surface area contributed by atoms with Crippen LogP contribution in [0.3, 0.4) is 0 Å². The molecule has 1 unspecified atom stereocenters. The van der Waals surface area contributed by atoms with Crippen LogP contribution in [0.15, 0.2) is 28.7 Å². The van der Waals surface area contributed by atoms with E-state index in [-0.39, 0.29) is 6.61 Å². The van der Waals surface area contributed by atoms with Crippen LogP contribution >= 0.6 is 15.9 Å². The molecule has 2 rings (SSSR count). The van der Waals surface area contributed by atoms with Gasteiger partial charge in [0.15, 0.2) is 0 Å². The zero-order valence-corrected chi connectivity index (χ0v) is 12.4. The molecule has 5 heteroatoms. The molecule has 1 aliphatic rings. The molecule has 1 saturated carbocycles. The number of benzene rings is 1. The van der Waals surface area contributed by atoms with Crippen molar-refractivity contribution in [2.45, 2.75) is 31.0 Å². The molecular formula is C14H20BrNO3. The minimum atomic E-state index is -0.577. The number of ether oxygens (including phenoxy) is 1. The molecule has 0 bridgehead atoms. The molecule has 0 aliphatic heterocycles. The van der Waals surface area contributed by atoms with Crippen molar-refractivity contribution in [2.24, 2.45) is 0 Å². The van der Waals surface area contributed by atoms with Crippen molar-refractivity contribution < 1.29 is 14.9 Å². The first-order valence-electron chi connectivity index (χ1n) is 6.57. The Labute approximate surface area is 121 Å². The van der Waals surface area contributed by atoms with Crippen LogP contribution in [0.25, 0.3) is 0 Å². The van der Waals surface area contributed by atoms with E-state index in [1.807, 2.05) is 24.3 Å². The quantitative estimate of drug-likeness (QED) is 0.712. The third-order valence-corrected chi connectivity index (χ3v) is 3.90. The molecule has 19 heavy (non-hydrogen) atoms. The van der Waals surface area contributed by atoms with Gasteiger partial charge in [-0.15, -0.1) is 0 Å². The Kier molecular flexibility index (Phi) is 5.21. The lowest BCUT2D eigenvalue weighted by Gasteiger charge is -2.36. The van der Waals surface area contributed by atoms with Crippen LogP contribution < -0.4 is 10.1 Å². The maximum absolute atomic E-state index is 9.88. The molecule has 4 nitrogen and oxygen atoms in total. The van der Waals surface area contributed by atoms with Crippen LogP contribution in [-0.4, -0.2) is 41.6 Å². The molecule has 1 aromatic rings. The van der Waals surface area contributed by atoms with Crippen molar-refractivity contribution in [3.8, 4) is 5.75 Å². The maximum Gasteiger partial charge on any atom is 0.119 e. The monoisotopic (exact) mass is 329 g/mol. The summed E-state index contributed by atoms with van der Waals surface area (Å²) in [4.78, 5) is 0. The highest BCUT2D eigenvalue weighted by Crippen LogP contribution is 2.30. The van der Waals surface area contributed by atoms with E-state index in [1.54, 1.807) is 0 Å². The van der Waals surface area contributed by atoms with Crippen LogP contribution in [-0.2, 0) is 0 Å². The fraction of sp³-hybridized carbons (Fsp3) is 0.571. The number of rotatable bonds is 7. The van der Waals surface area contributed by atoms with Crippen LogP contribution in [0.2, 0.25) is 0 Å². The fourth-order valence-corrected chi connectivity index (χ4v) is 2.28. The van der Waals surface area contributed by atoms with Gasteiger partial charge in [0.05, 0.1) is 5.60 Å². The summed E-state index contributed by atoms with van der Waals surface area (Å²) in [5, 5.41) is 22.7. The van der Waals surface area contributed by atoms with E-state index < -0.39 is 11.7 Å². The van der Waals surface area contributed by atoms with Gasteiger partial charge in [0.25, 0.3) is 0 Å². The van der Waals surface area contributed by atoms with E-state index in [1.165, 1.54) is 0 Å². The van der Waals surface area contributed by atoms with Gasteiger partial charge in [0.2, 0.25) is 0 Å². The predicted octanol–water partition coefficient (Wildman–Crippen LogP) is 1.69. The lowest BCUT2D eigenvalue weighted by atomic mass is 9.80. The van der Waals surface area contributed by atoms with Gasteiger partial charge < -0.3 is 20.3 Å². The average Bonchev–Trinajstić information content (AvgIpc) is 2.36. The Hall–Kier alpha value is -0.620. The second-order valence-electron chi connectivity index (χ2n) is 5.13. The van der Waals surface area contributed by atoms with Crippen molar-refractivity contribution in [1.82, 2.24) is 5.32 Å². The minimum absolute atomic E-state index is 0.243. The van der Waals surface area contributed by atoms with Gasteiger partial charge in [-0.2, -0.15) is 0 Å². The van der Waals surface area contributed by atoms with Gasteiger partial charge in [-0.05, 0) is 43.5 Å². The number of aliphatic hydroxyl groups is 2. The first-order valence-corrected chi connectivity index (χ1v) is 7.36. The Bertz CT molecular complexity index is 392. The van der Waals surface area contributed by atoms with E-state index >= 15 is 0 Å². The summed E-state index contributed by atoms with van der Waals surface area (Å²) in [6.45, 7) is 1.22. The van der Waals surface area contributed by atoms with Gasteiger partial charge in [0.1, 0.15) is 18.5 Å². The Balaban J connectivity index is 1.61. The Morgan fingerprint density at radius 3 is 2.58 bits per heavy atom. The summed E-state index contributed by atoms with van der Waals surface area (Å²) < 4.78 is 6.47. The Morgan fingerprint density at radius 1 is 1.32 bits per heavy atom. The zero-order valence-electron chi connectivity index (χ0n) is 10.8. The summed E-state index contributed by atoms with van der Waals surface area (Å²) in [6.07, 6.45) is 2.22. The van der Waals surface area contributed by atoms with Crippen LogP contribution in [0.5, 0.6) is 5.75 Å². The van der Waals surface area contributed by atoms with Crippen molar-refractivity contribution in [2.75, 3.05) is 19.7 Å². The fourth-order valence-electron chi connectivity index (χ4n) is 2.02. The van der Waals surface area contributed by atoms with Crippen molar-refractivity contribution in [3.63, 3.8) is 0 Å². The third kappa shape index (κ3) is 4.76. The highest BCUT2D eigenvalue weighted by atomic mass is 79.9. The summed E-state index contributed by atoms with van der Waals surface area (Å²) in [7, 11) is 0. The molecule has 106 valence electrons. The highest BCUT2D eigenvalue weighted by Gasteiger charge is 2.33. The number of nitrogens with one attached hydrogen (secondary N) is 1. The van der Waals surface area contributed by atoms with Gasteiger partial charge >= 0.3 is 0 Å². The normalized spacial score (nSPS) is 18.7. The van der Waals surface area contributed by atoms with Crippen LogP contribution in [0.1, 0.15) is 19.3 Å². The highest BCUT2D eigenvalue weighted by molar-refractivity contribution is 9.10. The third-order valence-electron chi connectivity index (χ3n) is 3.37. The van der Waals surface area contributed by atoms with E-state index in [4.69, 9.17) is 4.74 Å². The second kappa shape index (κ2) is 6.70. The van der Waals surface area contributed by atoms with Crippen molar-refractivity contribution >= 4 is 15.9 Å². The molecule has 3 N–H and O–H groups in total. The van der Waals surface area contributed by atoms with E-state index in [0.29, 0.717) is 13.1 Å². The van der Waals surface area contributed by atoms with E-state index in [9.17, 15) is 10.2 Å². The van der Waals surface area contributed by atoms with Crippen LogP contribution in [0.4, 0.5) is 0 Å². The summed E-state index contributed by atoms with van der Waals surface area (Å²) >= 11 is 3.35. The molecule has 0 spiro atoms. The molecule has 0 radical (unpaired) electrons. The summed E-state index contributed by atoms with van der Waals surface area (Å²) in [5.74, 6) is 0.736. The van der Waals surface area contributed by atoms with E-state index in [2.05, 4.69) is 21.2 Å². The molecule has 1 aromatic carbocycles. The lowest BCUT2D eigenvalue weighted by Crippen LogP contribution is -2.48. The molecular weight excluding hydrogens is 310 g/mol. The van der Waals surface area contributed by atoms with Gasteiger partial charge in [-0.3, -0.25) is 0 Å². The van der Waals surface area contributed by atoms with Crippen LogP contribution in [0, 0.1) is 0 Å². The lowest BCUT2D eigenvalue weighted by molar-refractivity contribution is -0.0334. The second-order valence-corrected chi connectivity index (χ2v) is 6.04. The largest absolute Gasteiger partial charge is 0.491 e. The smallest absolute Gasteiger partial charge is 0.119 e. The molecule has 1 fully saturated rings. The molecule has 0 heterocycles. The standard InChI is InChI=1S/C14H20BrNO3/c15-11-2-4-13(5-3-11)19-9-12(17)8-16-10-14(18)6-1-7-14/h2-5,12,16-18H,1,6-10H2. The first kappa shape index (κ1) is 14.8. The molecule has 1 atom stereocenters. The van der Waals surface area contributed by atoms with Gasteiger partial charge in [0, 0.05) is 17.6 Å². The topological polar surface area (TPSA) is 61.7 Å². The number of halogens is 1. The Morgan fingerprint density at radius 2 is 2.00 bits per heavy atom.